The van der Waals surface area contributed by atoms with Gasteiger partial charge in [-0.05, 0) is 54.0 Å². The summed E-state index contributed by atoms with van der Waals surface area (Å²) in [6, 6.07) is 24.6. The first-order valence-electron chi connectivity index (χ1n) is 10.7. The number of halogens is 3. The lowest BCUT2D eigenvalue weighted by Crippen LogP contribution is -2.39. The van der Waals surface area contributed by atoms with Crippen molar-refractivity contribution in [2.45, 2.75) is 25.1 Å². The van der Waals surface area contributed by atoms with Gasteiger partial charge in [-0.15, -0.1) is 0 Å². The number of benzene rings is 3. The van der Waals surface area contributed by atoms with Gasteiger partial charge in [0.25, 0.3) is 0 Å². The van der Waals surface area contributed by atoms with E-state index in [-0.39, 0.29) is 6.10 Å². The Kier molecular flexibility index (Phi) is 8.72. The molecule has 3 aromatic rings. The number of nitrogens with zero attached hydrogens (tertiary/aromatic N) is 1. The molecule has 3 rings (SSSR count). The quantitative estimate of drug-likeness (QED) is 0.371. The minimum atomic E-state index is -4.37. The topological polar surface area (TPSA) is 24.5 Å². The van der Waals surface area contributed by atoms with Gasteiger partial charge in [-0.2, -0.15) is 13.2 Å². The van der Waals surface area contributed by atoms with Crippen LogP contribution in [0.5, 0.6) is 5.75 Å². The van der Waals surface area contributed by atoms with E-state index in [1.165, 1.54) is 17.7 Å². The maximum Gasteiger partial charge on any atom is 0.416 e. The first-order chi connectivity index (χ1) is 15.8. The predicted molar refractivity (Wildman–Crippen MR) is 129 cm³/mol. The molecule has 0 heterocycles. The maximum absolute atomic E-state index is 12.9. The molecule has 0 aliphatic heterocycles. The molecule has 0 amide bonds. The first-order valence-corrected chi connectivity index (χ1v) is 11.2. The molecule has 0 radical (unpaired) electrons. The molecule has 0 saturated heterocycles. The standard InChI is InChI=1S/C26H27F3N2OS/c1-31(25(33)30-18-16-20-8-4-2-5-9-20)19-17-24(21-10-6-3-7-11-21)32-23-14-12-22(13-15-23)26(27,28)29/h2-15,24H,16-19H2,1H3,(H,30,33). The van der Waals surface area contributed by atoms with E-state index in [1.54, 1.807) is 0 Å². The predicted octanol–water partition coefficient (Wildman–Crippen LogP) is 6.26. The van der Waals surface area contributed by atoms with Crippen molar-refractivity contribution in [1.29, 1.82) is 0 Å². The second-order valence-corrected chi connectivity index (χ2v) is 8.10. The minimum Gasteiger partial charge on any atom is -0.486 e. The number of ether oxygens (including phenoxy) is 1. The highest BCUT2D eigenvalue weighted by Crippen LogP contribution is 2.32. The van der Waals surface area contributed by atoms with Gasteiger partial charge in [0.05, 0.1) is 5.56 Å². The minimum absolute atomic E-state index is 0.322. The summed E-state index contributed by atoms with van der Waals surface area (Å²) in [5.41, 5.74) is 1.50. The van der Waals surface area contributed by atoms with Gasteiger partial charge in [-0.1, -0.05) is 60.7 Å². The zero-order valence-corrected chi connectivity index (χ0v) is 19.2. The van der Waals surface area contributed by atoms with E-state index >= 15 is 0 Å². The monoisotopic (exact) mass is 472 g/mol. The van der Waals surface area contributed by atoms with Gasteiger partial charge in [0.15, 0.2) is 5.11 Å². The SMILES string of the molecule is CN(CCC(Oc1ccc(C(F)(F)F)cc1)c1ccccc1)C(=S)NCCc1ccccc1. The lowest BCUT2D eigenvalue weighted by atomic mass is 10.1. The highest BCUT2D eigenvalue weighted by molar-refractivity contribution is 7.80. The normalized spacial score (nSPS) is 12.1. The van der Waals surface area contributed by atoms with Crippen molar-refractivity contribution < 1.29 is 17.9 Å². The number of alkyl halides is 3. The summed E-state index contributed by atoms with van der Waals surface area (Å²) < 4.78 is 44.6. The van der Waals surface area contributed by atoms with Crippen LogP contribution in [0.15, 0.2) is 84.9 Å². The van der Waals surface area contributed by atoms with E-state index in [9.17, 15) is 13.2 Å². The van der Waals surface area contributed by atoms with Crippen LogP contribution in [-0.4, -0.2) is 30.1 Å². The number of hydrogen-bond donors (Lipinski definition) is 1. The van der Waals surface area contributed by atoms with Gasteiger partial charge in [-0.3, -0.25) is 0 Å². The molecule has 0 saturated carbocycles. The summed E-state index contributed by atoms with van der Waals surface area (Å²) in [6.07, 6.45) is -3.21. The second-order valence-electron chi connectivity index (χ2n) is 7.72. The van der Waals surface area contributed by atoms with Crippen LogP contribution in [0.2, 0.25) is 0 Å². The van der Waals surface area contributed by atoms with Crippen LogP contribution >= 0.6 is 12.2 Å². The van der Waals surface area contributed by atoms with Crippen LogP contribution in [0.1, 0.15) is 29.2 Å². The molecule has 7 heteroatoms. The van der Waals surface area contributed by atoms with E-state index in [2.05, 4.69) is 17.4 Å². The van der Waals surface area contributed by atoms with Gasteiger partial charge in [0.2, 0.25) is 0 Å². The van der Waals surface area contributed by atoms with E-state index in [0.717, 1.165) is 30.7 Å². The second kappa shape index (κ2) is 11.7. The Bertz CT molecular complexity index is 996. The summed E-state index contributed by atoms with van der Waals surface area (Å²) in [5, 5.41) is 3.92. The molecule has 1 atom stereocenters. The Labute approximate surface area is 198 Å². The molecular formula is C26H27F3N2OS. The van der Waals surface area contributed by atoms with E-state index < -0.39 is 11.7 Å². The summed E-state index contributed by atoms with van der Waals surface area (Å²) in [7, 11) is 1.91. The Morgan fingerprint density at radius 1 is 0.939 bits per heavy atom. The summed E-state index contributed by atoms with van der Waals surface area (Å²) in [5.74, 6) is 0.392. The van der Waals surface area contributed by atoms with Crippen LogP contribution in [0.4, 0.5) is 13.2 Å². The average Bonchev–Trinajstić information content (AvgIpc) is 2.82. The van der Waals surface area contributed by atoms with Crippen LogP contribution in [-0.2, 0) is 12.6 Å². The van der Waals surface area contributed by atoms with E-state index in [1.807, 2.05) is 60.5 Å². The molecule has 0 aliphatic rings. The van der Waals surface area contributed by atoms with Crippen LogP contribution < -0.4 is 10.1 Å². The smallest absolute Gasteiger partial charge is 0.416 e. The molecular weight excluding hydrogens is 445 g/mol. The van der Waals surface area contributed by atoms with Gasteiger partial charge in [0.1, 0.15) is 11.9 Å². The highest BCUT2D eigenvalue weighted by Gasteiger charge is 2.30. The maximum atomic E-state index is 12.9. The van der Waals surface area contributed by atoms with Crippen LogP contribution in [0, 0.1) is 0 Å². The Morgan fingerprint density at radius 2 is 1.55 bits per heavy atom. The molecule has 0 fully saturated rings. The van der Waals surface area contributed by atoms with Crippen molar-refractivity contribution in [1.82, 2.24) is 10.2 Å². The third-order valence-electron chi connectivity index (χ3n) is 5.24. The zero-order chi connectivity index (χ0) is 23.7. The van der Waals surface area contributed by atoms with Crippen molar-refractivity contribution in [2.75, 3.05) is 20.1 Å². The van der Waals surface area contributed by atoms with Gasteiger partial charge >= 0.3 is 6.18 Å². The first kappa shape index (κ1) is 24.6. The molecule has 0 spiro atoms. The molecule has 3 aromatic carbocycles. The largest absolute Gasteiger partial charge is 0.486 e. The third kappa shape index (κ3) is 7.79. The molecule has 0 aromatic heterocycles. The zero-order valence-electron chi connectivity index (χ0n) is 18.4. The number of nitrogens with one attached hydrogen (secondary N) is 1. The molecule has 33 heavy (non-hydrogen) atoms. The lowest BCUT2D eigenvalue weighted by molar-refractivity contribution is -0.137. The molecule has 1 N–H and O–H groups in total. The molecule has 3 nitrogen and oxygen atoms in total. The summed E-state index contributed by atoms with van der Waals surface area (Å²) in [4.78, 5) is 1.95. The fourth-order valence-corrected chi connectivity index (χ4v) is 3.55. The van der Waals surface area contributed by atoms with Crippen molar-refractivity contribution in [2.24, 2.45) is 0 Å². The van der Waals surface area contributed by atoms with Gasteiger partial charge in [0, 0.05) is 26.6 Å². The van der Waals surface area contributed by atoms with Crippen molar-refractivity contribution in [3.8, 4) is 5.75 Å². The van der Waals surface area contributed by atoms with Crippen molar-refractivity contribution in [3.63, 3.8) is 0 Å². The number of hydrogen-bond acceptors (Lipinski definition) is 2. The van der Waals surface area contributed by atoms with Crippen molar-refractivity contribution in [3.05, 3.63) is 102 Å². The van der Waals surface area contributed by atoms with Crippen molar-refractivity contribution >= 4 is 17.3 Å². The Hall–Kier alpha value is -3.06. The Balaban J connectivity index is 1.57. The highest BCUT2D eigenvalue weighted by atomic mass is 32.1. The molecule has 0 bridgehead atoms. The average molecular weight is 473 g/mol. The Morgan fingerprint density at radius 3 is 2.15 bits per heavy atom. The fourth-order valence-electron chi connectivity index (χ4n) is 3.35. The van der Waals surface area contributed by atoms with Gasteiger partial charge < -0.3 is 15.0 Å². The van der Waals surface area contributed by atoms with Gasteiger partial charge in [-0.25, -0.2) is 0 Å². The lowest BCUT2D eigenvalue weighted by Gasteiger charge is -2.25. The van der Waals surface area contributed by atoms with Crippen LogP contribution in [0.25, 0.3) is 0 Å². The van der Waals surface area contributed by atoms with E-state index in [0.29, 0.717) is 23.8 Å². The third-order valence-corrected chi connectivity index (χ3v) is 5.69. The number of thiocarbonyl (C=S) groups is 1. The summed E-state index contributed by atoms with van der Waals surface area (Å²) in [6.45, 7) is 1.36. The van der Waals surface area contributed by atoms with Crippen LogP contribution in [0.3, 0.4) is 0 Å². The number of rotatable bonds is 9. The molecule has 1 unspecified atom stereocenters. The molecule has 174 valence electrons. The summed E-state index contributed by atoms with van der Waals surface area (Å²) >= 11 is 5.51. The van der Waals surface area contributed by atoms with E-state index in [4.69, 9.17) is 17.0 Å². The molecule has 0 aliphatic carbocycles. The fraction of sp³-hybridized carbons (Fsp3) is 0.269.